The molecule has 40 heavy (non-hydrogen) atoms. The predicted octanol–water partition coefficient (Wildman–Crippen LogP) is 5.16. The topological polar surface area (TPSA) is 94.9 Å². The molecule has 1 aliphatic rings. The fourth-order valence-corrected chi connectivity index (χ4v) is 5.62. The van der Waals surface area contributed by atoms with E-state index in [4.69, 9.17) is 4.74 Å². The fraction of sp³-hybridized carbons (Fsp3) is 0.448. The number of hydrogen-bond donors (Lipinski definition) is 3. The first-order valence-corrected chi connectivity index (χ1v) is 13.2. The van der Waals surface area contributed by atoms with Crippen LogP contribution in [-0.4, -0.2) is 52.8 Å². The molecule has 0 aliphatic carbocycles. The van der Waals surface area contributed by atoms with Crippen LogP contribution in [0.4, 0.5) is 17.6 Å². The smallest absolute Gasteiger partial charge is 0.249 e. The van der Waals surface area contributed by atoms with E-state index in [-0.39, 0.29) is 30.4 Å². The first-order valence-electron chi connectivity index (χ1n) is 13.2. The van der Waals surface area contributed by atoms with Crippen LogP contribution in [0.15, 0.2) is 36.5 Å². The number of carbonyl (C=O) groups excluding carboxylic acids is 1. The number of rotatable bonds is 11. The van der Waals surface area contributed by atoms with Gasteiger partial charge in [0, 0.05) is 34.8 Å². The summed E-state index contributed by atoms with van der Waals surface area (Å²) < 4.78 is 60.2. The number of aliphatic hydroxyl groups excluding tert-OH is 1. The minimum Gasteiger partial charge on any atom is -0.497 e. The van der Waals surface area contributed by atoms with Crippen LogP contribution >= 0.6 is 0 Å². The number of hydroxylamine groups is 1. The molecule has 0 bridgehead atoms. The highest BCUT2D eigenvalue weighted by Gasteiger charge is 2.41. The Morgan fingerprint density at radius 2 is 1.88 bits per heavy atom. The summed E-state index contributed by atoms with van der Waals surface area (Å²) in [6, 6.07) is 6.47. The summed E-state index contributed by atoms with van der Waals surface area (Å²) in [6.45, 7) is 0.669. The number of halogens is 4. The van der Waals surface area contributed by atoms with Crippen molar-refractivity contribution in [3.8, 4) is 5.75 Å². The molecule has 4 rings (SSSR count). The first-order chi connectivity index (χ1) is 19.2. The van der Waals surface area contributed by atoms with Gasteiger partial charge >= 0.3 is 0 Å². The van der Waals surface area contributed by atoms with Gasteiger partial charge in [-0.2, -0.15) is 0 Å². The standard InChI is InChI=1S/C29H33F4N3O4/c1-40-20-4-5-25-22(15-20)27(18(16-30)17-34-25)26(37)6-7-29(28(38)35-39)8-11-36(12-9-29)10-2-3-21-23(32)13-19(31)14-24(21)33/h4-5,13-15,17,26,37,39H,2-3,6-12,16H2,1H3,(H,35,38)/t26-/m1/s1. The molecule has 216 valence electrons. The number of aliphatic hydroxyl groups is 1. The maximum Gasteiger partial charge on any atom is 0.249 e. The molecule has 3 N–H and O–H groups in total. The molecule has 0 spiro atoms. The van der Waals surface area contributed by atoms with Gasteiger partial charge in [0.05, 0.1) is 24.1 Å². The van der Waals surface area contributed by atoms with Crippen molar-refractivity contribution < 1.29 is 37.4 Å². The highest BCUT2D eigenvalue weighted by molar-refractivity contribution is 5.85. The van der Waals surface area contributed by atoms with Crippen molar-refractivity contribution in [2.75, 3.05) is 26.7 Å². The Bertz CT molecular complexity index is 1320. The zero-order chi connectivity index (χ0) is 28.9. The zero-order valence-corrected chi connectivity index (χ0v) is 22.2. The van der Waals surface area contributed by atoms with Gasteiger partial charge in [0.2, 0.25) is 5.91 Å². The van der Waals surface area contributed by atoms with E-state index in [9.17, 15) is 32.7 Å². The maximum atomic E-state index is 13.9. The number of aromatic nitrogens is 1. The van der Waals surface area contributed by atoms with Gasteiger partial charge in [-0.05, 0) is 81.9 Å². The van der Waals surface area contributed by atoms with Crippen molar-refractivity contribution in [1.82, 2.24) is 15.4 Å². The molecule has 2 aromatic carbocycles. The molecule has 1 aromatic heterocycles. The van der Waals surface area contributed by atoms with Crippen molar-refractivity contribution >= 4 is 16.8 Å². The van der Waals surface area contributed by atoms with E-state index < -0.39 is 41.6 Å². The third-order valence-electron chi connectivity index (χ3n) is 7.98. The second-order valence-electron chi connectivity index (χ2n) is 10.3. The Morgan fingerprint density at radius 3 is 2.50 bits per heavy atom. The number of likely N-dealkylation sites (tertiary alicyclic amines) is 1. The molecule has 1 aliphatic heterocycles. The van der Waals surface area contributed by atoms with E-state index in [1.165, 1.54) is 13.3 Å². The molecular formula is C29H33F4N3O4. The summed E-state index contributed by atoms with van der Waals surface area (Å²) in [5.41, 5.74) is 1.86. The van der Waals surface area contributed by atoms with Gasteiger partial charge in [0.25, 0.3) is 0 Å². The number of hydrogen-bond acceptors (Lipinski definition) is 6. The van der Waals surface area contributed by atoms with E-state index in [0.29, 0.717) is 73.2 Å². The largest absolute Gasteiger partial charge is 0.497 e. The average Bonchev–Trinajstić information content (AvgIpc) is 2.96. The lowest BCUT2D eigenvalue weighted by atomic mass is 9.73. The molecule has 11 heteroatoms. The van der Waals surface area contributed by atoms with Gasteiger partial charge in [-0.3, -0.25) is 15.0 Å². The summed E-state index contributed by atoms with van der Waals surface area (Å²) in [5.74, 6) is -2.81. The minimum atomic E-state index is -1.09. The molecule has 1 atom stereocenters. The quantitative estimate of drug-likeness (QED) is 0.169. The van der Waals surface area contributed by atoms with Gasteiger partial charge in [-0.15, -0.1) is 0 Å². The van der Waals surface area contributed by atoms with Crippen molar-refractivity contribution in [3.63, 3.8) is 0 Å². The number of amides is 1. The Balaban J connectivity index is 1.42. The molecule has 1 amide bonds. The number of carbonyl (C=O) groups is 1. The number of benzene rings is 2. The number of nitrogens with one attached hydrogen (secondary N) is 1. The highest BCUT2D eigenvalue weighted by Crippen LogP contribution is 2.40. The van der Waals surface area contributed by atoms with E-state index in [0.717, 1.165) is 0 Å². The summed E-state index contributed by atoms with van der Waals surface area (Å²) in [5, 5.41) is 21.2. The van der Waals surface area contributed by atoms with Crippen LogP contribution in [0.25, 0.3) is 10.9 Å². The SMILES string of the molecule is COc1ccc2ncc(CF)c([C@H](O)CCC3(C(=O)NO)CCN(CCCc4c(F)cc(F)cc4F)CC3)c2c1. The van der Waals surface area contributed by atoms with Crippen LogP contribution in [-0.2, 0) is 17.9 Å². The molecule has 1 saturated heterocycles. The first kappa shape index (κ1) is 29.7. The Labute approximate surface area is 229 Å². The summed E-state index contributed by atoms with van der Waals surface area (Å²) >= 11 is 0. The lowest BCUT2D eigenvalue weighted by molar-refractivity contribution is -0.143. The second kappa shape index (κ2) is 12.9. The van der Waals surface area contributed by atoms with Crippen LogP contribution in [0.3, 0.4) is 0 Å². The van der Waals surface area contributed by atoms with Gasteiger partial charge in [-0.1, -0.05) is 0 Å². The second-order valence-corrected chi connectivity index (χ2v) is 10.3. The van der Waals surface area contributed by atoms with E-state index in [1.807, 2.05) is 0 Å². The molecular weight excluding hydrogens is 530 g/mol. The van der Waals surface area contributed by atoms with E-state index in [1.54, 1.807) is 23.7 Å². The van der Waals surface area contributed by atoms with Crippen molar-refractivity contribution in [3.05, 3.63) is 70.7 Å². The van der Waals surface area contributed by atoms with Gasteiger partial charge in [-0.25, -0.2) is 23.0 Å². The van der Waals surface area contributed by atoms with Crippen molar-refractivity contribution in [1.29, 1.82) is 0 Å². The number of piperidine rings is 1. The fourth-order valence-electron chi connectivity index (χ4n) is 5.62. The predicted molar refractivity (Wildman–Crippen MR) is 140 cm³/mol. The third kappa shape index (κ3) is 6.37. The molecule has 2 heterocycles. The van der Waals surface area contributed by atoms with Gasteiger partial charge in [0.15, 0.2) is 0 Å². The number of methoxy groups -OCH3 is 1. The van der Waals surface area contributed by atoms with Gasteiger partial charge in [0.1, 0.15) is 29.9 Å². The van der Waals surface area contributed by atoms with Crippen molar-refractivity contribution in [2.45, 2.75) is 51.3 Å². The van der Waals surface area contributed by atoms with Crippen LogP contribution in [0, 0.1) is 22.9 Å². The number of nitrogens with zero attached hydrogens (tertiary/aromatic N) is 2. The Hall–Kier alpha value is -3.28. The summed E-state index contributed by atoms with van der Waals surface area (Å²) in [4.78, 5) is 19.1. The molecule has 0 saturated carbocycles. The monoisotopic (exact) mass is 563 g/mol. The van der Waals surface area contributed by atoms with Crippen LogP contribution in [0.1, 0.15) is 54.9 Å². The van der Waals surface area contributed by atoms with Crippen LogP contribution in [0.5, 0.6) is 5.75 Å². The third-order valence-corrected chi connectivity index (χ3v) is 7.98. The molecule has 7 nitrogen and oxygen atoms in total. The summed E-state index contributed by atoms with van der Waals surface area (Å²) in [6.07, 6.45) is 1.97. The lowest BCUT2D eigenvalue weighted by Gasteiger charge is -2.40. The number of alkyl halides is 1. The number of pyridine rings is 1. The Kier molecular flexibility index (Phi) is 9.60. The minimum absolute atomic E-state index is 0.102. The lowest BCUT2D eigenvalue weighted by Crippen LogP contribution is -2.48. The zero-order valence-electron chi connectivity index (χ0n) is 22.2. The van der Waals surface area contributed by atoms with Gasteiger partial charge < -0.3 is 14.7 Å². The highest BCUT2D eigenvalue weighted by atomic mass is 19.1. The van der Waals surface area contributed by atoms with E-state index in [2.05, 4.69) is 9.88 Å². The molecule has 1 fully saturated rings. The van der Waals surface area contributed by atoms with E-state index >= 15 is 0 Å². The van der Waals surface area contributed by atoms with Crippen molar-refractivity contribution in [2.24, 2.45) is 5.41 Å². The Morgan fingerprint density at radius 1 is 1.18 bits per heavy atom. The summed E-state index contributed by atoms with van der Waals surface area (Å²) in [7, 11) is 1.51. The van der Waals surface area contributed by atoms with Crippen LogP contribution < -0.4 is 10.2 Å². The number of ether oxygens (including phenoxy) is 1. The maximum absolute atomic E-state index is 13.9. The molecule has 0 radical (unpaired) electrons. The molecule has 0 unspecified atom stereocenters. The van der Waals surface area contributed by atoms with Crippen LogP contribution in [0.2, 0.25) is 0 Å². The molecule has 3 aromatic rings. The normalized spacial score (nSPS) is 16.2. The average molecular weight is 564 g/mol. The number of fused-ring (bicyclic) bond motifs is 1.